The molecule has 1 saturated heterocycles. The van der Waals surface area contributed by atoms with Crippen LogP contribution in [0.4, 0.5) is 11.8 Å². The van der Waals surface area contributed by atoms with Crippen LogP contribution in [0.1, 0.15) is 12.2 Å². The van der Waals surface area contributed by atoms with Crippen LogP contribution in [0.5, 0.6) is 0 Å². The van der Waals surface area contributed by atoms with Crippen LogP contribution in [0.2, 0.25) is 0 Å². The summed E-state index contributed by atoms with van der Waals surface area (Å²) in [6, 6.07) is 8.47. The van der Waals surface area contributed by atoms with Crippen LogP contribution in [0.25, 0.3) is 10.9 Å². The second-order valence-electron chi connectivity index (χ2n) is 5.91. The first-order valence-electron chi connectivity index (χ1n) is 7.91. The van der Waals surface area contributed by atoms with Crippen molar-refractivity contribution in [3.63, 3.8) is 0 Å². The Balaban J connectivity index is 1.55. The second kappa shape index (κ2) is 6.32. The van der Waals surface area contributed by atoms with E-state index in [9.17, 15) is 0 Å². The van der Waals surface area contributed by atoms with E-state index < -0.39 is 0 Å². The lowest BCUT2D eigenvalue weighted by atomic mass is 10.2. The molecule has 0 bridgehead atoms. The van der Waals surface area contributed by atoms with Crippen molar-refractivity contribution in [1.82, 2.24) is 19.9 Å². The molecule has 0 radical (unpaired) electrons. The highest BCUT2D eigenvalue weighted by Crippen LogP contribution is 2.27. The Hall–Kier alpha value is -2.28. The Morgan fingerprint density at radius 1 is 1.17 bits per heavy atom. The van der Waals surface area contributed by atoms with Gasteiger partial charge in [-0.1, -0.05) is 12.1 Å². The number of aryl methyl sites for hydroxylation is 1. The van der Waals surface area contributed by atoms with Gasteiger partial charge in [0.25, 0.3) is 0 Å². The number of nitrogens with one attached hydrogen (secondary N) is 1. The minimum atomic E-state index is 0.306. The number of hydrogen-bond donors (Lipinski definition) is 1. The van der Waals surface area contributed by atoms with Crippen LogP contribution in [0.15, 0.2) is 41.1 Å². The number of nitrogens with zero attached hydrogens (tertiary/aromatic N) is 5. The summed E-state index contributed by atoms with van der Waals surface area (Å²) < 4.78 is 0.879. The molecule has 122 valence electrons. The van der Waals surface area contributed by atoms with Gasteiger partial charge >= 0.3 is 0 Å². The third-order valence-corrected chi connectivity index (χ3v) is 4.55. The number of halogens is 1. The maximum absolute atomic E-state index is 4.69. The molecule has 24 heavy (non-hydrogen) atoms. The second-order valence-corrected chi connectivity index (χ2v) is 6.83. The van der Waals surface area contributed by atoms with Gasteiger partial charge in [-0.25, -0.2) is 19.9 Å². The molecule has 3 heterocycles. The van der Waals surface area contributed by atoms with Crippen molar-refractivity contribution in [1.29, 1.82) is 0 Å². The molecule has 1 aromatic carbocycles. The average molecular weight is 385 g/mol. The topological polar surface area (TPSA) is 66.8 Å². The van der Waals surface area contributed by atoms with E-state index in [1.807, 2.05) is 25.1 Å². The van der Waals surface area contributed by atoms with E-state index in [0.29, 0.717) is 12.0 Å². The molecule has 0 spiro atoms. The Kier molecular flexibility index (Phi) is 4.02. The number of anilines is 2. The Labute approximate surface area is 148 Å². The van der Waals surface area contributed by atoms with Crippen molar-refractivity contribution < 1.29 is 0 Å². The third kappa shape index (κ3) is 3.03. The van der Waals surface area contributed by atoms with E-state index in [2.05, 4.69) is 52.1 Å². The molecule has 6 nitrogen and oxygen atoms in total. The lowest BCUT2D eigenvalue weighted by Gasteiger charge is -2.20. The van der Waals surface area contributed by atoms with Crippen LogP contribution in [0, 0.1) is 6.92 Å². The molecular weight excluding hydrogens is 368 g/mol. The number of hydrogen-bond acceptors (Lipinski definition) is 6. The summed E-state index contributed by atoms with van der Waals surface area (Å²) in [7, 11) is 0. The highest BCUT2D eigenvalue weighted by Gasteiger charge is 2.25. The van der Waals surface area contributed by atoms with Crippen LogP contribution in [-0.2, 0) is 0 Å². The third-order valence-electron chi connectivity index (χ3n) is 4.14. The molecule has 7 heteroatoms. The van der Waals surface area contributed by atoms with Gasteiger partial charge in [0.1, 0.15) is 11.6 Å². The zero-order valence-corrected chi connectivity index (χ0v) is 14.9. The van der Waals surface area contributed by atoms with E-state index >= 15 is 0 Å². The summed E-state index contributed by atoms with van der Waals surface area (Å²) in [4.78, 5) is 20.1. The van der Waals surface area contributed by atoms with Crippen molar-refractivity contribution in [2.45, 2.75) is 19.4 Å². The van der Waals surface area contributed by atoms with Crippen LogP contribution in [-0.4, -0.2) is 39.1 Å². The monoisotopic (exact) mass is 384 g/mol. The summed E-state index contributed by atoms with van der Waals surface area (Å²) in [6.07, 6.45) is 4.53. The summed E-state index contributed by atoms with van der Waals surface area (Å²) >= 11 is 3.35. The quantitative estimate of drug-likeness (QED) is 0.747. The van der Waals surface area contributed by atoms with Crippen LogP contribution < -0.4 is 10.2 Å². The molecule has 1 N–H and O–H groups in total. The van der Waals surface area contributed by atoms with Crippen molar-refractivity contribution in [3.05, 3.63) is 47.0 Å². The van der Waals surface area contributed by atoms with Crippen molar-refractivity contribution in [2.24, 2.45) is 0 Å². The molecule has 0 aliphatic carbocycles. The lowest BCUT2D eigenvalue weighted by molar-refractivity contribution is 0.791. The molecular formula is C17H17BrN6. The van der Waals surface area contributed by atoms with Crippen molar-refractivity contribution in [3.8, 4) is 0 Å². The molecule has 0 amide bonds. The van der Waals surface area contributed by atoms with Crippen molar-refractivity contribution in [2.75, 3.05) is 23.3 Å². The molecule has 2 aromatic heterocycles. The summed E-state index contributed by atoms with van der Waals surface area (Å²) in [5, 5.41) is 4.50. The van der Waals surface area contributed by atoms with Crippen LogP contribution in [0.3, 0.4) is 0 Å². The standard InChI is InChI=1S/C17H17BrN6/c1-11-21-15-5-3-2-4-14(15)16(22-11)24-7-6-13(10-24)23-17-19-8-12(18)9-20-17/h2-5,8-9,13H,6-7,10H2,1H3,(H,19,20,23). The van der Waals surface area contributed by atoms with Gasteiger partial charge < -0.3 is 10.2 Å². The number of benzene rings is 1. The minimum absolute atomic E-state index is 0.306. The highest BCUT2D eigenvalue weighted by molar-refractivity contribution is 9.10. The first-order valence-corrected chi connectivity index (χ1v) is 8.71. The van der Waals surface area contributed by atoms with Gasteiger partial charge in [-0.05, 0) is 41.4 Å². The average Bonchev–Trinajstić information content (AvgIpc) is 3.04. The van der Waals surface area contributed by atoms with Gasteiger partial charge in [0.2, 0.25) is 5.95 Å². The van der Waals surface area contributed by atoms with Crippen molar-refractivity contribution >= 4 is 38.6 Å². The minimum Gasteiger partial charge on any atom is -0.354 e. The van der Waals surface area contributed by atoms with Gasteiger partial charge in [0.05, 0.1) is 9.99 Å². The van der Waals surface area contributed by atoms with Gasteiger partial charge in [-0.15, -0.1) is 0 Å². The smallest absolute Gasteiger partial charge is 0.222 e. The molecule has 1 fully saturated rings. The molecule has 0 saturated carbocycles. The molecule has 1 unspecified atom stereocenters. The summed E-state index contributed by atoms with van der Waals surface area (Å²) in [5.41, 5.74) is 0.993. The highest BCUT2D eigenvalue weighted by atomic mass is 79.9. The predicted molar refractivity (Wildman–Crippen MR) is 98.2 cm³/mol. The van der Waals surface area contributed by atoms with Gasteiger partial charge in [0.15, 0.2) is 0 Å². The molecule has 4 rings (SSSR count). The van der Waals surface area contributed by atoms with E-state index in [-0.39, 0.29) is 0 Å². The van der Waals surface area contributed by atoms with E-state index in [0.717, 1.165) is 46.5 Å². The number of para-hydroxylation sites is 1. The first kappa shape index (κ1) is 15.3. The van der Waals surface area contributed by atoms with E-state index in [1.165, 1.54) is 0 Å². The predicted octanol–water partition coefficient (Wildman–Crippen LogP) is 3.18. The summed E-state index contributed by atoms with van der Waals surface area (Å²) in [6.45, 7) is 3.77. The van der Waals surface area contributed by atoms with Crippen LogP contribution >= 0.6 is 15.9 Å². The Morgan fingerprint density at radius 3 is 2.79 bits per heavy atom. The molecule has 3 aromatic rings. The van der Waals surface area contributed by atoms with E-state index in [1.54, 1.807) is 12.4 Å². The number of rotatable bonds is 3. The number of aromatic nitrogens is 4. The Morgan fingerprint density at radius 2 is 1.96 bits per heavy atom. The number of fused-ring (bicyclic) bond motifs is 1. The summed E-state index contributed by atoms with van der Waals surface area (Å²) in [5.74, 6) is 2.48. The fourth-order valence-electron chi connectivity index (χ4n) is 3.05. The maximum Gasteiger partial charge on any atom is 0.222 e. The largest absolute Gasteiger partial charge is 0.354 e. The fraction of sp³-hybridized carbons (Fsp3) is 0.294. The van der Waals surface area contributed by atoms with E-state index in [4.69, 9.17) is 0 Å². The maximum atomic E-state index is 4.69. The first-order chi connectivity index (χ1) is 11.7. The normalized spacial score (nSPS) is 17.4. The fourth-order valence-corrected chi connectivity index (χ4v) is 3.26. The Bertz CT molecular complexity index is 867. The van der Waals surface area contributed by atoms with Gasteiger partial charge in [-0.3, -0.25) is 0 Å². The van der Waals surface area contributed by atoms with Gasteiger partial charge in [0, 0.05) is 36.9 Å². The lowest BCUT2D eigenvalue weighted by Crippen LogP contribution is -2.27. The SMILES string of the molecule is Cc1nc(N2CCC(Nc3ncc(Br)cn3)C2)c2ccccc2n1. The van der Waals surface area contributed by atoms with Gasteiger partial charge in [-0.2, -0.15) is 0 Å². The molecule has 1 atom stereocenters. The zero-order valence-electron chi connectivity index (χ0n) is 13.3. The zero-order chi connectivity index (χ0) is 16.5. The molecule has 1 aliphatic rings. The molecule has 1 aliphatic heterocycles.